The summed E-state index contributed by atoms with van der Waals surface area (Å²) in [4.78, 5) is 11.8. The molecule has 0 aliphatic heterocycles. The zero-order chi connectivity index (χ0) is 15.8. The van der Waals surface area contributed by atoms with Gasteiger partial charge in [0.15, 0.2) is 0 Å². The predicted molar refractivity (Wildman–Crippen MR) is 90.0 cm³/mol. The molecule has 1 aromatic heterocycles. The maximum atomic E-state index is 11.8. The van der Waals surface area contributed by atoms with Crippen LogP contribution in [0.15, 0.2) is 51.7 Å². The van der Waals surface area contributed by atoms with Gasteiger partial charge in [-0.2, -0.15) is 0 Å². The number of hydrogen-bond acceptors (Lipinski definition) is 3. The quantitative estimate of drug-likeness (QED) is 0.682. The van der Waals surface area contributed by atoms with Gasteiger partial charge in [-0.15, -0.1) is 0 Å². The van der Waals surface area contributed by atoms with Gasteiger partial charge in [0.1, 0.15) is 17.9 Å². The SMILES string of the molecule is Cc1ccc(OCc2cc(=O)oc3cc4c(cc23)CCC4)cc1. The van der Waals surface area contributed by atoms with Crippen LogP contribution in [-0.2, 0) is 19.4 Å². The lowest BCUT2D eigenvalue weighted by Gasteiger charge is -2.10. The van der Waals surface area contributed by atoms with Crippen molar-refractivity contribution in [3.63, 3.8) is 0 Å². The maximum absolute atomic E-state index is 11.8. The fraction of sp³-hybridized carbons (Fsp3) is 0.250. The summed E-state index contributed by atoms with van der Waals surface area (Å²) in [6, 6.07) is 13.6. The highest BCUT2D eigenvalue weighted by atomic mass is 16.5. The fourth-order valence-electron chi connectivity index (χ4n) is 3.21. The summed E-state index contributed by atoms with van der Waals surface area (Å²) in [6.07, 6.45) is 3.34. The van der Waals surface area contributed by atoms with Gasteiger partial charge in [-0.3, -0.25) is 0 Å². The van der Waals surface area contributed by atoms with Crippen molar-refractivity contribution in [3.8, 4) is 5.75 Å². The first kappa shape index (κ1) is 14.1. The first-order valence-corrected chi connectivity index (χ1v) is 7.97. The molecular formula is C20H18O3. The lowest BCUT2D eigenvalue weighted by Crippen LogP contribution is -2.04. The van der Waals surface area contributed by atoms with Crippen LogP contribution in [0.4, 0.5) is 0 Å². The Balaban J connectivity index is 1.71. The van der Waals surface area contributed by atoms with Gasteiger partial charge in [-0.25, -0.2) is 4.79 Å². The van der Waals surface area contributed by atoms with Crippen molar-refractivity contribution in [2.75, 3.05) is 0 Å². The van der Waals surface area contributed by atoms with Gasteiger partial charge in [-0.05, 0) is 61.6 Å². The van der Waals surface area contributed by atoms with Crippen LogP contribution in [0.5, 0.6) is 5.75 Å². The van der Waals surface area contributed by atoms with Crippen LogP contribution in [0.2, 0.25) is 0 Å². The summed E-state index contributed by atoms with van der Waals surface area (Å²) >= 11 is 0. The van der Waals surface area contributed by atoms with Gasteiger partial charge in [0.2, 0.25) is 0 Å². The topological polar surface area (TPSA) is 39.4 Å². The van der Waals surface area contributed by atoms with Crippen molar-refractivity contribution in [2.24, 2.45) is 0 Å². The number of hydrogen-bond donors (Lipinski definition) is 0. The minimum atomic E-state index is -0.321. The van der Waals surface area contributed by atoms with E-state index in [-0.39, 0.29) is 5.63 Å². The van der Waals surface area contributed by atoms with Gasteiger partial charge < -0.3 is 9.15 Å². The van der Waals surface area contributed by atoms with Crippen molar-refractivity contribution in [3.05, 3.63) is 75.1 Å². The summed E-state index contributed by atoms with van der Waals surface area (Å²) in [7, 11) is 0. The highest BCUT2D eigenvalue weighted by Gasteiger charge is 2.15. The second-order valence-electron chi connectivity index (χ2n) is 6.16. The Morgan fingerprint density at radius 3 is 2.57 bits per heavy atom. The van der Waals surface area contributed by atoms with Crippen LogP contribution in [-0.4, -0.2) is 0 Å². The molecule has 0 unspecified atom stereocenters. The zero-order valence-corrected chi connectivity index (χ0v) is 13.1. The summed E-state index contributed by atoms with van der Waals surface area (Å²) in [5.74, 6) is 0.804. The van der Waals surface area contributed by atoms with Crippen molar-refractivity contribution < 1.29 is 9.15 Å². The van der Waals surface area contributed by atoms with Gasteiger partial charge in [-0.1, -0.05) is 17.7 Å². The van der Waals surface area contributed by atoms with Crippen molar-refractivity contribution in [1.29, 1.82) is 0 Å². The van der Waals surface area contributed by atoms with E-state index >= 15 is 0 Å². The Morgan fingerprint density at radius 1 is 1.04 bits per heavy atom. The molecule has 1 aliphatic carbocycles. The van der Waals surface area contributed by atoms with Gasteiger partial charge >= 0.3 is 5.63 Å². The number of aryl methyl sites for hydroxylation is 3. The minimum absolute atomic E-state index is 0.321. The number of benzene rings is 2. The molecule has 116 valence electrons. The van der Waals surface area contributed by atoms with E-state index in [1.54, 1.807) is 0 Å². The molecular weight excluding hydrogens is 288 g/mol. The molecule has 0 fully saturated rings. The molecule has 0 saturated carbocycles. The second-order valence-corrected chi connectivity index (χ2v) is 6.16. The number of ether oxygens (including phenoxy) is 1. The minimum Gasteiger partial charge on any atom is -0.489 e. The molecule has 1 aliphatic rings. The van der Waals surface area contributed by atoms with Crippen LogP contribution in [0.3, 0.4) is 0 Å². The molecule has 0 spiro atoms. The first-order valence-electron chi connectivity index (χ1n) is 7.97. The maximum Gasteiger partial charge on any atom is 0.336 e. The molecule has 2 aromatic carbocycles. The fourth-order valence-corrected chi connectivity index (χ4v) is 3.21. The second kappa shape index (κ2) is 5.58. The average molecular weight is 306 g/mol. The van der Waals surface area contributed by atoms with Crippen molar-refractivity contribution >= 4 is 11.0 Å². The Morgan fingerprint density at radius 2 is 1.78 bits per heavy atom. The molecule has 1 heterocycles. The lowest BCUT2D eigenvalue weighted by molar-refractivity contribution is 0.306. The largest absolute Gasteiger partial charge is 0.489 e. The molecule has 0 atom stereocenters. The standard InChI is InChI=1S/C20H18O3/c1-13-5-7-17(8-6-13)22-12-16-11-20(21)23-19-10-15-4-2-3-14(15)9-18(16)19/h5-11H,2-4,12H2,1H3. The molecule has 0 bridgehead atoms. The Labute approximate surface area is 134 Å². The van der Waals surface area contributed by atoms with Crippen LogP contribution >= 0.6 is 0 Å². The lowest BCUT2D eigenvalue weighted by atomic mass is 10.0. The molecule has 3 aromatic rings. The molecule has 23 heavy (non-hydrogen) atoms. The molecule has 4 rings (SSSR count). The van der Waals surface area contributed by atoms with Crippen LogP contribution in [0, 0.1) is 6.92 Å². The highest BCUT2D eigenvalue weighted by Crippen LogP contribution is 2.29. The van der Waals surface area contributed by atoms with E-state index in [0.717, 1.165) is 29.5 Å². The molecule has 0 radical (unpaired) electrons. The molecule has 3 nitrogen and oxygen atoms in total. The van der Waals surface area contributed by atoms with E-state index < -0.39 is 0 Å². The van der Waals surface area contributed by atoms with E-state index in [4.69, 9.17) is 9.15 Å². The van der Waals surface area contributed by atoms with E-state index in [1.807, 2.05) is 37.3 Å². The predicted octanol–water partition coefficient (Wildman–Crippen LogP) is 4.17. The summed E-state index contributed by atoms with van der Waals surface area (Å²) < 4.78 is 11.2. The Kier molecular flexibility index (Phi) is 3.41. The van der Waals surface area contributed by atoms with E-state index in [2.05, 4.69) is 6.07 Å². The Hall–Kier alpha value is -2.55. The third-order valence-electron chi connectivity index (χ3n) is 4.46. The third-order valence-corrected chi connectivity index (χ3v) is 4.46. The summed E-state index contributed by atoms with van der Waals surface area (Å²) in [6.45, 7) is 2.41. The summed E-state index contributed by atoms with van der Waals surface area (Å²) in [5.41, 5.74) is 5.09. The van der Waals surface area contributed by atoms with Crippen LogP contribution in [0.25, 0.3) is 11.0 Å². The molecule has 3 heteroatoms. The average Bonchev–Trinajstić information content (AvgIpc) is 2.99. The first-order chi connectivity index (χ1) is 11.2. The third kappa shape index (κ3) is 2.74. The van der Waals surface area contributed by atoms with E-state index in [1.165, 1.54) is 29.2 Å². The van der Waals surface area contributed by atoms with Gasteiger partial charge in [0.05, 0.1) is 0 Å². The smallest absolute Gasteiger partial charge is 0.336 e. The highest BCUT2D eigenvalue weighted by molar-refractivity contribution is 5.82. The molecule has 0 N–H and O–H groups in total. The number of rotatable bonds is 3. The molecule has 0 saturated heterocycles. The van der Waals surface area contributed by atoms with Gasteiger partial charge in [0, 0.05) is 17.0 Å². The van der Waals surface area contributed by atoms with E-state index in [0.29, 0.717) is 12.2 Å². The van der Waals surface area contributed by atoms with Gasteiger partial charge in [0.25, 0.3) is 0 Å². The zero-order valence-electron chi connectivity index (χ0n) is 13.1. The van der Waals surface area contributed by atoms with Crippen molar-refractivity contribution in [2.45, 2.75) is 32.8 Å². The van der Waals surface area contributed by atoms with Crippen LogP contribution in [0.1, 0.15) is 28.7 Å². The van der Waals surface area contributed by atoms with Crippen LogP contribution < -0.4 is 10.4 Å². The number of fused-ring (bicyclic) bond motifs is 2. The molecule has 0 amide bonds. The summed E-state index contributed by atoms with van der Waals surface area (Å²) in [5, 5.41) is 0.984. The normalized spacial score (nSPS) is 13.3. The van der Waals surface area contributed by atoms with Crippen molar-refractivity contribution in [1.82, 2.24) is 0 Å². The monoisotopic (exact) mass is 306 g/mol. The Bertz CT molecular complexity index is 920. The van der Waals surface area contributed by atoms with E-state index in [9.17, 15) is 4.79 Å².